The highest BCUT2D eigenvalue weighted by atomic mass is 16.6. The van der Waals surface area contributed by atoms with Gasteiger partial charge in [-0.2, -0.15) is 0 Å². The van der Waals surface area contributed by atoms with Gasteiger partial charge < -0.3 is 9.47 Å². The topological polar surface area (TPSA) is 35.5 Å². The molecule has 0 aliphatic heterocycles. The lowest BCUT2D eigenvalue weighted by molar-refractivity contribution is -0.0828. The molecule has 19 heavy (non-hydrogen) atoms. The molecule has 0 saturated heterocycles. The van der Waals surface area contributed by atoms with E-state index in [-0.39, 0.29) is 5.97 Å². The first kappa shape index (κ1) is 14.1. The highest BCUT2D eigenvalue weighted by Gasteiger charge is 2.36. The molecule has 3 heteroatoms. The second-order valence-corrected chi connectivity index (χ2v) is 5.14. The van der Waals surface area contributed by atoms with E-state index in [0.29, 0.717) is 18.8 Å². The lowest BCUT2D eigenvalue weighted by Crippen LogP contribution is -2.41. The molecule has 0 heterocycles. The van der Waals surface area contributed by atoms with Crippen LogP contribution in [0.25, 0.3) is 0 Å². The van der Waals surface area contributed by atoms with Crippen LogP contribution in [0, 0.1) is 0 Å². The Bertz CT molecular complexity index is 394. The molecular formula is C16H22O3. The summed E-state index contributed by atoms with van der Waals surface area (Å²) in [7, 11) is 0. The van der Waals surface area contributed by atoms with E-state index in [2.05, 4.69) is 0 Å². The maximum absolute atomic E-state index is 12.2. The van der Waals surface area contributed by atoms with Crippen molar-refractivity contribution in [2.24, 2.45) is 0 Å². The van der Waals surface area contributed by atoms with E-state index < -0.39 is 5.60 Å². The Hall–Kier alpha value is -1.35. The second-order valence-electron chi connectivity index (χ2n) is 5.14. The van der Waals surface area contributed by atoms with Crippen molar-refractivity contribution in [3.05, 3.63) is 35.9 Å². The molecule has 0 bridgehead atoms. The van der Waals surface area contributed by atoms with Gasteiger partial charge in [-0.3, -0.25) is 0 Å². The molecule has 0 radical (unpaired) electrons. The zero-order valence-electron chi connectivity index (χ0n) is 11.6. The van der Waals surface area contributed by atoms with Crippen molar-refractivity contribution < 1.29 is 14.3 Å². The van der Waals surface area contributed by atoms with Gasteiger partial charge >= 0.3 is 5.97 Å². The van der Waals surface area contributed by atoms with Crippen LogP contribution in [-0.4, -0.2) is 24.8 Å². The van der Waals surface area contributed by atoms with Gasteiger partial charge in [-0.05, 0) is 44.7 Å². The minimum Gasteiger partial charge on any atom is -0.453 e. The molecule has 2 rings (SSSR count). The van der Waals surface area contributed by atoms with E-state index in [1.165, 1.54) is 6.42 Å². The van der Waals surface area contributed by atoms with Crippen LogP contribution >= 0.6 is 0 Å². The van der Waals surface area contributed by atoms with Crippen LogP contribution in [0.2, 0.25) is 0 Å². The molecule has 0 unspecified atom stereocenters. The largest absolute Gasteiger partial charge is 0.453 e. The van der Waals surface area contributed by atoms with E-state index in [4.69, 9.17) is 9.47 Å². The number of benzene rings is 1. The maximum atomic E-state index is 12.2. The van der Waals surface area contributed by atoms with Gasteiger partial charge in [-0.1, -0.05) is 24.6 Å². The predicted octanol–water partition coefficient (Wildman–Crippen LogP) is 3.58. The van der Waals surface area contributed by atoms with Gasteiger partial charge in [0.2, 0.25) is 0 Å². The van der Waals surface area contributed by atoms with Gasteiger partial charge in [0.05, 0.1) is 12.2 Å². The van der Waals surface area contributed by atoms with Gasteiger partial charge in [0.25, 0.3) is 0 Å². The zero-order chi connectivity index (χ0) is 13.6. The molecule has 0 amide bonds. The third-order valence-corrected chi connectivity index (χ3v) is 3.65. The normalized spacial score (nSPS) is 17.9. The van der Waals surface area contributed by atoms with Crippen molar-refractivity contribution in [3.8, 4) is 0 Å². The van der Waals surface area contributed by atoms with Crippen molar-refractivity contribution >= 4 is 5.97 Å². The third-order valence-electron chi connectivity index (χ3n) is 3.65. The van der Waals surface area contributed by atoms with Gasteiger partial charge in [-0.25, -0.2) is 4.79 Å². The molecule has 1 aromatic rings. The SMILES string of the molecule is CCOCC1(OC(=O)c2ccccc2)CCCCC1. The van der Waals surface area contributed by atoms with Gasteiger partial charge in [0, 0.05) is 6.61 Å². The summed E-state index contributed by atoms with van der Waals surface area (Å²) in [4.78, 5) is 12.2. The standard InChI is InChI=1S/C16H22O3/c1-2-18-13-16(11-7-4-8-12-16)19-15(17)14-9-5-3-6-10-14/h3,5-6,9-10H,2,4,7-8,11-13H2,1H3. The monoisotopic (exact) mass is 262 g/mol. The first-order chi connectivity index (χ1) is 9.26. The molecule has 1 fully saturated rings. The molecular weight excluding hydrogens is 240 g/mol. The number of hydrogen-bond acceptors (Lipinski definition) is 3. The van der Waals surface area contributed by atoms with Crippen LogP contribution in [-0.2, 0) is 9.47 Å². The lowest BCUT2D eigenvalue weighted by Gasteiger charge is -2.36. The maximum Gasteiger partial charge on any atom is 0.338 e. The highest BCUT2D eigenvalue weighted by Crippen LogP contribution is 2.32. The number of rotatable bonds is 5. The number of esters is 1. The lowest BCUT2D eigenvalue weighted by atomic mass is 9.85. The van der Waals surface area contributed by atoms with Crippen LogP contribution in [0.4, 0.5) is 0 Å². The zero-order valence-corrected chi connectivity index (χ0v) is 11.6. The summed E-state index contributed by atoms with van der Waals surface area (Å²) in [6.45, 7) is 3.14. The number of ether oxygens (including phenoxy) is 2. The van der Waals surface area contributed by atoms with E-state index >= 15 is 0 Å². The predicted molar refractivity (Wildman–Crippen MR) is 74.2 cm³/mol. The van der Waals surface area contributed by atoms with E-state index in [9.17, 15) is 4.79 Å². The van der Waals surface area contributed by atoms with Crippen molar-refractivity contribution in [2.75, 3.05) is 13.2 Å². The summed E-state index contributed by atoms with van der Waals surface area (Å²) >= 11 is 0. The summed E-state index contributed by atoms with van der Waals surface area (Å²) in [5, 5.41) is 0. The van der Waals surface area contributed by atoms with Crippen LogP contribution in [0.5, 0.6) is 0 Å². The summed E-state index contributed by atoms with van der Waals surface area (Å²) in [6.07, 6.45) is 5.25. The van der Waals surface area contributed by atoms with Gasteiger partial charge in [0.15, 0.2) is 0 Å². The molecule has 104 valence electrons. The quantitative estimate of drug-likeness (QED) is 0.761. The molecule has 0 atom stereocenters. The van der Waals surface area contributed by atoms with Gasteiger partial charge in [-0.15, -0.1) is 0 Å². The summed E-state index contributed by atoms with van der Waals surface area (Å²) in [5.74, 6) is -0.234. The number of carbonyl (C=O) groups excluding carboxylic acids is 1. The summed E-state index contributed by atoms with van der Waals surface area (Å²) in [5.41, 5.74) is 0.199. The Morgan fingerprint density at radius 3 is 2.47 bits per heavy atom. The molecule has 1 aromatic carbocycles. The second kappa shape index (κ2) is 6.71. The van der Waals surface area contributed by atoms with E-state index in [0.717, 1.165) is 25.7 Å². The molecule has 1 aliphatic rings. The molecule has 1 aliphatic carbocycles. The molecule has 3 nitrogen and oxygen atoms in total. The molecule has 0 spiro atoms. The smallest absolute Gasteiger partial charge is 0.338 e. The third kappa shape index (κ3) is 3.80. The van der Waals surface area contributed by atoms with Crippen molar-refractivity contribution in [2.45, 2.75) is 44.6 Å². The molecule has 0 aromatic heterocycles. The fourth-order valence-corrected chi connectivity index (χ4v) is 2.59. The minimum atomic E-state index is -0.415. The average Bonchev–Trinajstić information content (AvgIpc) is 2.47. The van der Waals surface area contributed by atoms with Crippen LogP contribution in [0.15, 0.2) is 30.3 Å². The Balaban J connectivity index is 2.05. The summed E-state index contributed by atoms with van der Waals surface area (Å²) < 4.78 is 11.3. The minimum absolute atomic E-state index is 0.234. The van der Waals surface area contributed by atoms with E-state index in [1.807, 2.05) is 25.1 Å². The van der Waals surface area contributed by atoms with E-state index in [1.54, 1.807) is 12.1 Å². The van der Waals surface area contributed by atoms with Crippen molar-refractivity contribution in [1.29, 1.82) is 0 Å². The Morgan fingerprint density at radius 2 is 1.84 bits per heavy atom. The highest BCUT2D eigenvalue weighted by molar-refractivity contribution is 5.89. The molecule has 1 saturated carbocycles. The van der Waals surface area contributed by atoms with Crippen molar-refractivity contribution in [3.63, 3.8) is 0 Å². The van der Waals surface area contributed by atoms with Crippen molar-refractivity contribution in [1.82, 2.24) is 0 Å². The number of carbonyl (C=O) groups is 1. The fraction of sp³-hybridized carbons (Fsp3) is 0.562. The van der Waals surface area contributed by atoms with Crippen LogP contribution in [0.1, 0.15) is 49.4 Å². The number of hydrogen-bond donors (Lipinski definition) is 0. The first-order valence-corrected chi connectivity index (χ1v) is 7.12. The Labute approximate surface area is 114 Å². The average molecular weight is 262 g/mol. The molecule has 0 N–H and O–H groups in total. The van der Waals surface area contributed by atoms with Crippen LogP contribution < -0.4 is 0 Å². The Kier molecular flexibility index (Phi) is 4.97. The first-order valence-electron chi connectivity index (χ1n) is 7.12. The van der Waals surface area contributed by atoms with Crippen LogP contribution in [0.3, 0.4) is 0 Å². The summed E-state index contributed by atoms with van der Waals surface area (Å²) in [6, 6.07) is 9.19. The Morgan fingerprint density at radius 1 is 1.16 bits per heavy atom. The fourth-order valence-electron chi connectivity index (χ4n) is 2.59. The van der Waals surface area contributed by atoms with Gasteiger partial charge in [0.1, 0.15) is 5.60 Å².